The summed E-state index contributed by atoms with van der Waals surface area (Å²) in [5, 5.41) is 11.8. The molecular formula is C29H25NO2. The van der Waals surface area contributed by atoms with Crippen molar-refractivity contribution in [2.45, 2.75) is 19.4 Å². The molecule has 0 heterocycles. The molecule has 0 aromatic heterocycles. The quantitative estimate of drug-likeness (QED) is 0.373. The van der Waals surface area contributed by atoms with Gasteiger partial charge in [-0.1, -0.05) is 72.8 Å². The van der Waals surface area contributed by atoms with Gasteiger partial charge in [-0.2, -0.15) is 0 Å². The van der Waals surface area contributed by atoms with Gasteiger partial charge in [0.15, 0.2) is 0 Å². The van der Waals surface area contributed by atoms with Crippen molar-refractivity contribution in [1.29, 1.82) is 0 Å². The van der Waals surface area contributed by atoms with E-state index in [1.165, 1.54) is 44.8 Å². The number of nitrogens with zero attached hydrogens (tertiary/aromatic N) is 1. The number of benzene rings is 4. The molecule has 3 nitrogen and oxygen atoms in total. The fourth-order valence-electron chi connectivity index (χ4n) is 4.82. The highest BCUT2D eigenvalue weighted by Crippen LogP contribution is 2.44. The zero-order chi connectivity index (χ0) is 22.1. The van der Waals surface area contributed by atoms with E-state index < -0.39 is 5.97 Å². The molecule has 0 fully saturated rings. The lowest BCUT2D eigenvalue weighted by atomic mass is 9.92. The zero-order valence-electron chi connectivity index (χ0n) is 18.1. The van der Waals surface area contributed by atoms with Gasteiger partial charge in [-0.3, -0.25) is 0 Å². The first kappa shape index (κ1) is 20.1. The number of carboxylic acids is 1. The molecule has 5 rings (SSSR count). The van der Waals surface area contributed by atoms with Gasteiger partial charge in [-0.05, 0) is 63.6 Å². The molecule has 0 aliphatic heterocycles. The summed E-state index contributed by atoms with van der Waals surface area (Å²) in [5.74, 6) is -0.884. The van der Waals surface area contributed by atoms with Gasteiger partial charge in [0.1, 0.15) is 0 Å². The third-order valence-electron chi connectivity index (χ3n) is 6.29. The predicted octanol–water partition coefficient (Wildman–Crippen LogP) is 6.56. The van der Waals surface area contributed by atoms with E-state index >= 15 is 0 Å². The fourth-order valence-corrected chi connectivity index (χ4v) is 4.82. The van der Waals surface area contributed by atoms with Crippen LogP contribution >= 0.6 is 0 Å². The van der Waals surface area contributed by atoms with E-state index in [-0.39, 0.29) is 0 Å². The lowest BCUT2D eigenvalue weighted by molar-refractivity contribution is -0.131. The summed E-state index contributed by atoms with van der Waals surface area (Å²) >= 11 is 0. The van der Waals surface area contributed by atoms with Crippen LogP contribution in [-0.2, 0) is 17.8 Å². The minimum atomic E-state index is -0.884. The molecule has 0 saturated heterocycles. The van der Waals surface area contributed by atoms with Crippen LogP contribution in [0, 0.1) is 0 Å². The first-order chi connectivity index (χ1) is 15.6. The van der Waals surface area contributed by atoms with E-state index in [9.17, 15) is 9.90 Å². The maximum absolute atomic E-state index is 11.4. The Morgan fingerprint density at radius 1 is 0.906 bits per heavy atom. The molecular weight excluding hydrogens is 394 g/mol. The molecule has 3 heteroatoms. The lowest BCUT2D eigenvalue weighted by Crippen LogP contribution is -2.17. The minimum Gasteiger partial charge on any atom is -0.478 e. The van der Waals surface area contributed by atoms with Gasteiger partial charge in [0.25, 0.3) is 0 Å². The summed E-state index contributed by atoms with van der Waals surface area (Å²) in [7, 11) is 2.13. The molecule has 0 bridgehead atoms. The fraction of sp³-hybridized carbons (Fsp3) is 0.138. The van der Waals surface area contributed by atoms with Gasteiger partial charge in [0.2, 0.25) is 0 Å². The van der Waals surface area contributed by atoms with Gasteiger partial charge < -0.3 is 10.0 Å². The third kappa shape index (κ3) is 3.78. The van der Waals surface area contributed by atoms with Gasteiger partial charge in [0, 0.05) is 30.9 Å². The van der Waals surface area contributed by atoms with Crippen LogP contribution in [-0.4, -0.2) is 18.1 Å². The van der Waals surface area contributed by atoms with Crippen molar-refractivity contribution in [1.82, 2.24) is 0 Å². The predicted molar refractivity (Wildman–Crippen MR) is 132 cm³/mol. The van der Waals surface area contributed by atoms with Crippen LogP contribution in [0.1, 0.15) is 23.1 Å². The van der Waals surface area contributed by atoms with Crippen LogP contribution in [0.2, 0.25) is 0 Å². The van der Waals surface area contributed by atoms with Crippen LogP contribution in [0.25, 0.3) is 27.5 Å². The second-order valence-corrected chi connectivity index (χ2v) is 8.40. The minimum absolute atomic E-state index is 0.758. The van der Waals surface area contributed by atoms with E-state index in [2.05, 4.69) is 90.8 Å². The Hall–Kier alpha value is -3.85. The summed E-state index contributed by atoms with van der Waals surface area (Å²) in [6, 6.07) is 29.7. The highest BCUT2D eigenvalue weighted by atomic mass is 16.4. The van der Waals surface area contributed by atoms with Crippen molar-refractivity contribution in [2.75, 3.05) is 11.9 Å². The second kappa shape index (κ2) is 8.35. The molecule has 32 heavy (non-hydrogen) atoms. The number of aliphatic carboxylic acids is 1. The van der Waals surface area contributed by atoms with Crippen molar-refractivity contribution in [2.24, 2.45) is 0 Å². The maximum atomic E-state index is 11.4. The summed E-state index contributed by atoms with van der Waals surface area (Å²) in [6.07, 6.45) is 2.97. The third-order valence-corrected chi connectivity index (χ3v) is 6.29. The number of carbonyl (C=O) groups is 1. The smallest absolute Gasteiger partial charge is 0.328 e. The van der Waals surface area contributed by atoms with Crippen LogP contribution < -0.4 is 4.90 Å². The summed E-state index contributed by atoms with van der Waals surface area (Å²) in [4.78, 5) is 13.7. The molecule has 0 unspecified atom stereocenters. The standard InChI is InChI=1S/C29H25NO2/c1-30(19-20-7-3-2-4-8-20)27-16-15-25-23(18-28(31)32)13-14-26(25)29(27)24-12-11-21-9-5-6-10-22(21)17-24/h2-12,15-18H,13-14,19H2,1H3,(H,31,32). The summed E-state index contributed by atoms with van der Waals surface area (Å²) < 4.78 is 0. The number of carboxylic acid groups (broad SMARTS) is 1. The average Bonchev–Trinajstić information content (AvgIpc) is 3.21. The van der Waals surface area contributed by atoms with Gasteiger partial charge in [0.05, 0.1) is 0 Å². The van der Waals surface area contributed by atoms with Crippen LogP contribution in [0.5, 0.6) is 0 Å². The van der Waals surface area contributed by atoms with Gasteiger partial charge in [-0.25, -0.2) is 4.79 Å². The number of rotatable bonds is 5. The molecule has 158 valence electrons. The molecule has 0 radical (unpaired) electrons. The molecule has 4 aromatic rings. The maximum Gasteiger partial charge on any atom is 0.328 e. The number of hydrogen-bond donors (Lipinski definition) is 1. The Labute approximate surface area is 188 Å². The highest BCUT2D eigenvalue weighted by Gasteiger charge is 2.24. The Kier molecular flexibility index (Phi) is 5.24. The molecule has 0 amide bonds. The van der Waals surface area contributed by atoms with Crippen LogP contribution in [0.3, 0.4) is 0 Å². The molecule has 4 aromatic carbocycles. The van der Waals surface area contributed by atoms with Crippen LogP contribution in [0.15, 0.2) is 91.0 Å². The first-order valence-corrected chi connectivity index (χ1v) is 10.9. The van der Waals surface area contributed by atoms with E-state index in [1.54, 1.807) is 0 Å². The van der Waals surface area contributed by atoms with Crippen molar-refractivity contribution in [3.05, 3.63) is 108 Å². The second-order valence-electron chi connectivity index (χ2n) is 8.40. The number of allylic oxidation sites excluding steroid dienone is 1. The van der Waals surface area contributed by atoms with E-state index in [0.29, 0.717) is 0 Å². The Morgan fingerprint density at radius 2 is 1.66 bits per heavy atom. The molecule has 0 atom stereocenters. The SMILES string of the molecule is CN(Cc1ccccc1)c1ccc2c(c1-c1ccc3ccccc3c1)CCC2=CC(=O)O. The molecule has 0 saturated carbocycles. The largest absolute Gasteiger partial charge is 0.478 e. The van der Waals surface area contributed by atoms with Crippen molar-refractivity contribution >= 4 is 28.0 Å². The van der Waals surface area contributed by atoms with E-state index in [4.69, 9.17) is 0 Å². The van der Waals surface area contributed by atoms with Crippen LogP contribution in [0.4, 0.5) is 5.69 Å². The van der Waals surface area contributed by atoms with E-state index in [1.807, 2.05) is 6.07 Å². The highest BCUT2D eigenvalue weighted by molar-refractivity contribution is 5.97. The number of anilines is 1. The van der Waals surface area contributed by atoms with Gasteiger partial charge in [-0.15, -0.1) is 0 Å². The molecule has 0 spiro atoms. The molecule has 1 aliphatic rings. The van der Waals surface area contributed by atoms with E-state index in [0.717, 1.165) is 30.5 Å². The zero-order valence-corrected chi connectivity index (χ0v) is 18.1. The van der Waals surface area contributed by atoms with Gasteiger partial charge >= 0.3 is 5.97 Å². The topological polar surface area (TPSA) is 40.5 Å². The lowest BCUT2D eigenvalue weighted by Gasteiger charge is -2.25. The number of hydrogen-bond acceptors (Lipinski definition) is 2. The molecule has 1 aliphatic carbocycles. The Morgan fingerprint density at radius 3 is 2.44 bits per heavy atom. The Bertz CT molecular complexity index is 1340. The van der Waals surface area contributed by atoms with Crippen molar-refractivity contribution in [3.63, 3.8) is 0 Å². The molecule has 1 N–H and O–H groups in total. The number of fused-ring (bicyclic) bond motifs is 2. The monoisotopic (exact) mass is 419 g/mol. The first-order valence-electron chi connectivity index (χ1n) is 10.9. The van der Waals surface area contributed by atoms with Crippen molar-refractivity contribution < 1.29 is 9.90 Å². The summed E-state index contributed by atoms with van der Waals surface area (Å²) in [6.45, 7) is 0.804. The average molecular weight is 420 g/mol. The Balaban J connectivity index is 1.67. The van der Waals surface area contributed by atoms with Crippen molar-refractivity contribution in [3.8, 4) is 11.1 Å². The summed E-state index contributed by atoms with van der Waals surface area (Å²) in [5.41, 5.74) is 8.02. The normalized spacial score (nSPS) is 14.0.